The lowest BCUT2D eigenvalue weighted by atomic mass is 9.82. The first-order chi connectivity index (χ1) is 12.0. The molecule has 1 N–H and O–H groups in total. The van der Waals surface area contributed by atoms with Crippen LogP contribution in [0.2, 0.25) is 0 Å². The Morgan fingerprint density at radius 1 is 1.32 bits per heavy atom. The number of hydrogen-bond acceptors (Lipinski definition) is 5. The van der Waals surface area contributed by atoms with E-state index in [2.05, 4.69) is 14.9 Å². The maximum Gasteiger partial charge on any atom is 0.226 e. The van der Waals surface area contributed by atoms with Gasteiger partial charge in [0.2, 0.25) is 5.91 Å². The second kappa shape index (κ2) is 7.79. The maximum atomic E-state index is 12.9. The predicted octanol–water partition coefficient (Wildman–Crippen LogP) is 2.29. The van der Waals surface area contributed by atoms with Crippen LogP contribution in [0, 0.1) is 0 Å². The summed E-state index contributed by atoms with van der Waals surface area (Å²) in [6, 6.07) is 1.87. The van der Waals surface area contributed by atoms with Crippen LogP contribution in [0.15, 0.2) is 12.3 Å². The number of aromatic nitrogens is 2. The number of nitrogens with zero attached hydrogens (tertiary/aromatic N) is 4. The van der Waals surface area contributed by atoms with Gasteiger partial charge in [-0.1, -0.05) is 19.3 Å². The van der Waals surface area contributed by atoms with Gasteiger partial charge in [0.15, 0.2) is 5.82 Å². The fourth-order valence-electron chi connectivity index (χ4n) is 4.09. The zero-order chi connectivity index (χ0) is 17.9. The third-order valence-electron chi connectivity index (χ3n) is 5.35. The standard InChI is InChI=1S/C19H30N4O2/c1-22(2)14-15-8-11-20-18(21-15)16-7-6-12-23(16)17(24)13-19(25)9-4-3-5-10-19/h8,11,16,25H,3-7,9-10,12-14H2,1-2H3. The summed E-state index contributed by atoms with van der Waals surface area (Å²) in [6.07, 6.45) is 8.57. The molecule has 2 aliphatic rings. The van der Waals surface area contributed by atoms with Crippen LogP contribution in [-0.2, 0) is 11.3 Å². The van der Waals surface area contributed by atoms with Crippen LogP contribution in [0.25, 0.3) is 0 Å². The number of carbonyl (C=O) groups excluding carboxylic acids is 1. The third kappa shape index (κ3) is 4.55. The minimum atomic E-state index is -0.809. The van der Waals surface area contributed by atoms with Crippen molar-refractivity contribution >= 4 is 5.91 Å². The van der Waals surface area contributed by atoms with Crippen LogP contribution in [0.4, 0.5) is 0 Å². The summed E-state index contributed by atoms with van der Waals surface area (Å²) >= 11 is 0. The maximum absolute atomic E-state index is 12.9. The Morgan fingerprint density at radius 2 is 2.08 bits per heavy atom. The lowest BCUT2D eigenvalue weighted by Gasteiger charge is -2.34. The van der Waals surface area contributed by atoms with Crippen molar-refractivity contribution in [3.05, 3.63) is 23.8 Å². The van der Waals surface area contributed by atoms with E-state index in [9.17, 15) is 9.90 Å². The highest BCUT2D eigenvalue weighted by atomic mass is 16.3. The summed E-state index contributed by atoms with van der Waals surface area (Å²) in [5.41, 5.74) is 0.163. The highest BCUT2D eigenvalue weighted by molar-refractivity contribution is 5.78. The van der Waals surface area contributed by atoms with E-state index in [4.69, 9.17) is 0 Å². The van der Waals surface area contributed by atoms with Crippen LogP contribution < -0.4 is 0 Å². The van der Waals surface area contributed by atoms with E-state index in [1.807, 2.05) is 25.1 Å². The molecular formula is C19H30N4O2. The smallest absolute Gasteiger partial charge is 0.226 e. The Balaban J connectivity index is 1.70. The second-order valence-corrected chi connectivity index (χ2v) is 7.85. The molecule has 25 heavy (non-hydrogen) atoms. The SMILES string of the molecule is CN(C)Cc1ccnc(C2CCCN2C(=O)CC2(O)CCCCC2)n1. The molecule has 138 valence electrons. The van der Waals surface area contributed by atoms with Gasteiger partial charge in [0.1, 0.15) is 0 Å². The summed E-state index contributed by atoms with van der Waals surface area (Å²) < 4.78 is 0. The van der Waals surface area contributed by atoms with Crippen molar-refractivity contribution in [3.8, 4) is 0 Å². The average molecular weight is 346 g/mol. The Kier molecular flexibility index (Phi) is 5.69. The minimum Gasteiger partial charge on any atom is -0.389 e. The lowest BCUT2D eigenvalue weighted by molar-refractivity contribution is -0.138. The highest BCUT2D eigenvalue weighted by Crippen LogP contribution is 2.35. The van der Waals surface area contributed by atoms with Crippen LogP contribution >= 0.6 is 0 Å². The van der Waals surface area contributed by atoms with Crippen molar-refractivity contribution in [2.45, 2.75) is 69.6 Å². The first-order valence-corrected chi connectivity index (χ1v) is 9.45. The van der Waals surface area contributed by atoms with Gasteiger partial charge < -0.3 is 14.9 Å². The molecule has 1 aliphatic heterocycles. The van der Waals surface area contributed by atoms with E-state index in [1.165, 1.54) is 0 Å². The molecule has 0 bridgehead atoms. The number of likely N-dealkylation sites (tertiary alicyclic amines) is 1. The van der Waals surface area contributed by atoms with E-state index >= 15 is 0 Å². The fraction of sp³-hybridized carbons (Fsp3) is 0.737. The number of hydrogen-bond donors (Lipinski definition) is 1. The molecule has 6 heteroatoms. The zero-order valence-corrected chi connectivity index (χ0v) is 15.4. The molecule has 3 rings (SSSR count). The Bertz CT molecular complexity index is 599. The van der Waals surface area contributed by atoms with Gasteiger partial charge in [0, 0.05) is 19.3 Å². The second-order valence-electron chi connectivity index (χ2n) is 7.85. The molecular weight excluding hydrogens is 316 g/mol. The van der Waals surface area contributed by atoms with Gasteiger partial charge in [-0.15, -0.1) is 0 Å². The van der Waals surface area contributed by atoms with Crippen LogP contribution in [0.5, 0.6) is 0 Å². The quantitative estimate of drug-likeness (QED) is 0.886. The molecule has 1 amide bonds. The van der Waals surface area contributed by atoms with E-state index in [1.54, 1.807) is 6.20 Å². The molecule has 1 unspecified atom stereocenters. The predicted molar refractivity (Wildman–Crippen MR) is 95.8 cm³/mol. The number of amides is 1. The van der Waals surface area contributed by atoms with Gasteiger partial charge >= 0.3 is 0 Å². The summed E-state index contributed by atoms with van der Waals surface area (Å²) in [7, 11) is 4.02. The van der Waals surface area contributed by atoms with Gasteiger partial charge in [0.25, 0.3) is 0 Å². The number of rotatable bonds is 5. The van der Waals surface area contributed by atoms with E-state index in [0.29, 0.717) is 0 Å². The highest BCUT2D eigenvalue weighted by Gasteiger charge is 2.37. The molecule has 1 aromatic heterocycles. The number of carbonyl (C=O) groups is 1. The van der Waals surface area contributed by atoms with E-state index < -0.39 is 5.60 Å². The summed E-state index contributed by atoms with van der Waals surface area (Å²) in [5.74, 6) is 0.786. The summed E-state index contributed by atoms with van der Waals surface area (Å²) in [5, 5.41) is 10.7. The summed E-state index contributed by atoms with van der Waals surface area (Å²) in [4.78, 5) is 26.0. The molecule has 1 aromatic rings. The number of aliphatic hydroxyl groups is 1. The molecule has 1 aliphatic carbocycles. The monoisotopic (exact) mass is 346 g/mol. The minimum absolute atomic E-state index is 0.0495. The van der Waals surface area contributed by atoms with Crippen LogP contribution in [0.3, 0.4) is 0 Å². The summed E-state index contributed by atoms with van der Waals surface area (Å²) in [6.45, 7) is 1.50. The van der Waals surface area contributed by atoms with Gasteiger partial charge in [-0.05, 0) is 45.8 Å². The molecule has 1 saturated carbocycles. The van der Waals surface area contributed by atoms with E-state index in [-0.39, 0.29) is 18.4 Å². The van der Waals surface area contributed by atoms with Crippen LogP contribution in [-0.4, -0.2) is 57.0 Å². The largest absolute Gasteiger partial charge is 0.389 e. The normalized spacial score (nSPS) is 23.2. The van der Waals surface area contributed by atoms with Gasteiger partial charge in [-0.2, -0.15) is 0 Å². The Hall–Kier alpha value is -1.53. The molecule has 1 saturated heterocycles. The fourth-order valence-corrected chi connectivity index (χ4v) is 4.09. The van der Waals surface area contributed by atoms with Gasteiger partial charge in [-0.3, -0.25) is 4.79 Å². The zero-order valence-electron chi connectivity index (χ0n) is 15.4. The molecule has 6 nitrogen and oxygen atoms in total. The molecule has 2 heterocycles. The van der Waals surface area contributed by atoms with Crippen molar-refractivity contribution in [3.63, 3.8) is 0 Å². The first-order valence-electron chi connectivity index (χ1n) is 9.45. The topological polar surface area (TPSA) is 69.6 Å². The van der Waals surface area contributed by atoms with Crippen molar-refractivity contribution in [2.75, 3.05) is 20.6 Å². The first kappa shape index (κ1) is 18.3. The average Bonchev–Trinajstić information content (AvgIpc) is 3.04. The molecule has 0 radical (unpaired) electrons. The molecule has 2 fully saturated rings. The lowest BCUT2D eigenvalue weighted by Crippen LogP contribution is -2.40. The Morgan fingerprint density at radius 3 is 2.80 bits per heavy atom. The molecule has 0 aromatic carbocycles. The molecule has 1 atom stereocenters. The third-order valence-corrected chi connectivity index (χ3v) is 5.35. The van der Waals surface area contributed by atoms with Gasteiger partial charge in [0.05, 0.1) is 23.8 Å². The van der Waals surface area contributed by atoms with Crippen molar-refractivity contribution in [1.29, 1.82) is 0 Å². The Labute approximate surface area is 150 Å². The van der Waals surface area contributed by atoms with Crippen molar-refractivity contribution in [2.24, 2.45) is 0 Å². The van der Waals surface area contributed by atoms with Crippen molar-refractivity contribution < 1.29 is 9.90 Å². The van der Waals surface area contributed by atoms with Crippen molar-refractivity contribution in [1.82, 2.24) is 19.8 Å². The van der Waals surface area contributed by atoms with Crippen LogP contribution in [0.1, 0.15) is 68.9 Å². The molecule has 0 spiro atoms. The van der Waals surface area contributed by atoms with Gasteiger partial charge in [-0.25, -0.2) is 9.97 Å². The van der Waals surface area contributed by atoms with E-state index in [0.717, 1.165) is 69.6 Å².